The predicted molar refractivity (Wildman–Crippen MR) is 94.8 cm³/mol. The average molecular weight is 361 g/mol. The van der Waals surface area contributed by atoms with Crippen LogP contribution in [0.15, 0.2) is 24.3 Å². The van der Waals surface area contributed by atoms with Crippen LogP contribution in [-0.4, -0.2) is 27.2 Å². The number of carbonyl (C=O) groups excluding carboxylic acids is 2. The van der Waals surface area contributed by atoms with Crippen LogP contribution in [0, 0.1) is 6.92 Å². The molecule has 0 aliphatic carbocycles. The van der Waals surface area contributed by atoms with Crippen molar-refractivity contribution in [3.8, 4) is 0 Å². The van der Waals surface area contributed by atoms with Gasteiger partial charge < -0.3 is 10.1 Å². The smallest absolute Gasteiger partial charge is 0.348 e. The summed E-state index contributed by atoms with van der Waals surface area (Å²) in [4.78, 5) is 25.7. The molecular weight excluding hydrogens is 346 g/mol. The van der Waals surface area contributed by atoms with E-state index in [2.05, 4.69) is 14.1 Å². The van der Waals surface area contributed by atoms with Crippen molar-refractivity contribution in [1.82, 2.24) is 8.75 Å². The fraction of sp³-hybridized carbons (Fsp3) is 0.250. The third-order valence-corrected chi connectivity index (χ3v) is 5.34. The summed E-state index contributed by atoms with van der Waals surface area (Å²) in [5, 5.41) is 2.70. The summed E-state index contributed by atoms with van der Waals surface area (Å²) in [6.45, 7) is 3.65. The second-order valence-corrected chi connectivity index (χ2v) is 6.80. The van der Waals surface area contributed by atoms with Gasteiger partial charge in [0.05, 0.1) is 17.4 Å². The number of nitrogens with zero attached hydrogens (tertiary/aromatic N) is 2. The van der Waals surface area contributed by atoms with Crippen molar-refractivity contribution in [3.05, 3.63) is 39.6 Å². The van der Waals surface area contributed by atoms with Crippen molar-refractivity contribution < 1.29 is 14.3 Å². The molecule has 0 bridgehead atoms. The van der Waals surface area contributed by atoms with Crippen LogP contribution in [-0.2, 0) is 16.0 Å². The molecule has 0 aliphatic rings. The van der Waals surface area contributed by atoms with Gasteiger partial charge in [0, 0.05) is 4.88 Å². The van der Waals surface area contributed by atoms with Crippen LogP contribution in [0.25, 0.3) is 11.0 Å². The lowest BCUT2D eigenvalue weighted by Crippen LogP contribution is -2.20. The molecule has 24 heavy (non-hydrogen) atoms. The van der Waals surface area contributed by atoms with E-state index in [4.69, 9.17) is 4.74 Å². The number of aryl methyl sites for hydroxylation is 2. The molecule has 0 radical (unpaired) electrons. The number of nitrogens with one attached hydrogen (secondary N) is 1. The number of hydrogen-bond donors (Lipinski definition) is 1. The maximum atomic E-state index is 12.0. The Morgan fingerprint density at radius 2 is 2.12 bits per heavy atom. The zero-order valence-corrected chi connectivity index (χ0v) is 14.8. The van der Waals surface area contributed by atoms with Crippen LogP contribution in [0.4, 0.5) is 5.69 Å². The summed E-state index contributed by atoms with van der Waals surface area (Å²) in [6.07, 6.45) is 0.871. The number of thiophene rings is 1. The first kappa shape index (κ1) is 16.5. The number of fused-ring (bicyclic) bond motifs is 1. The highest BCUT2D eigenvalue weighted by Gasteiger charge is 2.15. The number of carbonyl (C=O) groups is 2. The van der Waals surface area contributed by atoms with Gasteiger partial charge in [-0.05, 0) is 37.1 Å². The molecule has 0 saturated carbocycles. The third-order valence-electron chi connectivity index (χ3n) is 3.44. The first-order valence-electron chi connectivity index (χ1n) is 7.36. The maximum absolute atomic E-state index is 12.0. The zero-order chi connectivity index (χ0) is 17.1. The molecule has 0 spiro atoms. The second kappa shape index (κ2) is 7.06. The molecule has 1 aromatic carbocycles. The minimum Gasteiger partial charge on any atom is -0.451 e. The number of benzene rings is 1. The first-order valence-corrected chi connectivity index (χ1v) is 8.90. The predicted octanol–water partition coefficient (Wildman–Crippen LogP) is 3.42. The second-order valence-electron chi connectivity index (χ2n) is 5.13. The van der Waals surface area contributed by atoms with Gasteiger partial charge in [-0.2, -0.15) is 8.75 Å². The Hall–Kier alpha value is -2.32. The maximum Gasteiger partial charge on any atom is 0.348 e. The van der Waals surface area contributed by atoms with Gasteiger partial charge in [-0.25, -0.2) is 4.79 Å². The van der Waals surface area contributed by atoms with E-state index < -0.39 is 11.9 Å². The van der Waals surface area contributed by atoms with Crippen LogP contribution in [0.5, 0.6) is 0 Å². The highest BCUT2D eigenvalue weighted by molar-refractivity contribution is 7.14. The molecule has 124 valence electrons. The summed E-state index contributed by atoms with van der Waals surface area (Å²) >= 11 is 2.48. The largest absolute Gasteiger partial charge is 0.451 e. The highest BCUT2D eigenvalue weighted by Crippen LogP contribution is 2.23. The monoisotopic (exact) mass is 361 g/mol. The highest BCUT2D eigenvalue weighted by atomic mass is 32.1. The molecule has 0 atom stereocenters. The van der Waals surface area contributed by atoms with Gasteiger partial charge >= 0.3 is 5.97 Å². The van der Waals surface area contributed by atoms with Crippen molar-refractivity contribution >= 4 is 51.7 Å². The van der Waals surface area contributed by atoms with Crippen LogP contribution in [0.1, 0.15) is 27.0 Å². The molecule has 0 unspecified atom stereocenters. The minimum absolute atomic E-state index is 0.342. The third kappa shape index (κ3) is 3.44. The Bertz CT molecular complexity index is 901. The zero-order valence-electron chi connectivity index (χ0n) is 13.2. The van der Waals surface area contributed by atoms with Gasteiger partial charge in [0.2, 0.25) is 0 Å². The van der Waals surface area contributed by atoms with E-state index in [1.165, 1.54) is 11.3 Å². The van der Waals surface area contributed by atoms with Crippen LogP contribution >= 0.6 is 23.1 Å². The Balaban J connectivity index is 1.61. The summed E-state index contributed by atoms with van der Waals surface area (Å²) in [5.41, 5.74) is 2.98. The van der Waals surface area contributed by atoms with Gasteiger partial charge in [-0.1, -0.05) is 13.0 Å². The van der Waals surface area contributed by atoms with Crippen LogP contribution in [0.2, 0.25) is 0 Å². The van der Waals surface area contributed by atoms with Crippen molar-refractivity contribution in [1.29, 1.82) is 0 Å². The van der Waals surface area contributed by atoms with Crippen molar-refractivity contribution in [3.63, 3.8) is 0 Å². The number of esters is 1. The van der Waals surface area contributed by atoms with E-state index >= 15 is 0 Å². The number of ether oxygens (including phenoxy) is 1. The van der Waals surface area contributed by atoms with Crippen molar-refractivity contribution in [2.75, 3.05) is 11.9 Å². The molecule has 3 rings (SSSR count). The summed E-state index contributed by atoms with van der Waals surface area (Å²) in [6, 6.07) is 7.13. The van der Waals surface area contributed by atoms with Crippen molar-refractivity contribution in [2.45, 2.75) is 20.3 Å². The molecular formula is C16H15N3O3S2. The Morgan fingerprint density at radius 3 is 2.88 bits per heavy atom. The molecule has 6 nitrogen and oxygen atoms in total. The van der Waals surface area contributed by atoms with Gasteiger partial charge in [-0.15, -0.1) is 11.3 Å². The lowest BCUT2D eigenvalue weighted by Gasteiger charge is -2.06. The fourth-order valence-corrected chi connectivity index (χ4v) is 3.82. The molecule has 1 N–H and O–H groups in total. The molecule has 1 amide bonds. The van der Waals surface area contributed by atoms with Crippen LogP contribution < -0.4 is 5.32 Å². The van der Waals surface area contributed by atoms with Crippen molar-refractivity contribution in [2.24, 2.45) is 0 Å². The van der Waals surface area contributed by atoms with Gasteiger partial charge in [-0.3, -0.25) is 4.79 Å². The van der Waals surface area contributed by atoms with Gasteiger partial charge in [0.15, 0.2) is 6.61 Å². The van der Waals surface area contributed by atoms with Crippen LogP contribution in [0.3, 0.4) is 0 Å². The number of hydrogen-bond acceptors (Lipinski definition) is 7. The van der Waals surface area contributed by atoms with E-state index in [0.717, 1.165) is 34.1 Å². The van der Waals surface area contributed by atoms with E-state index in [1.807, 2.05) is 19.9 Å². The summed E-state index contributed by atoms with van der Waals surface area (Å²) < 4.78 is 13.4. The molecule has 2 aromatic heterocycles. The SMILES string of the molecule is CCc1sc(C(=O)OCC(=O)Nc2cccc3nsnc23)cc1C. The van der Waals surface area contributed by atoms with Gasteiger partial charge in [0.25, 0.3) is 5.91 Å². The molecule has 8 heteroatoms. The number of rotatable bonds is 5. The Kier molecular flexibility index (Phi) is 4.86. The number of amides is 1. The normalized spacial score (nSPS) is 10.8. The van der Waals surface area contributed by atoms with E-state index in [1.54, 1.807) is 18.2 Å². The lowest BCUT2D eigenvalue weighted by molar-refractivity contribution is -0.119. The quantitative estimate of drug-likeness (QED) is 0.704. The van der Waals surface area contributed by atoms with Gasteiger partial charge in [0.1, 0.15) is 15.9 Å². The fourth-order valence-electron chi connectivity index (χ4n) is 2.27. The van der Waals surface area contributed by atoms with E-state index in [-0.39, 0.29) is 6.61 Å². The standard InChI is InChI=1S/C16H15N3O3S2/c1-3-12-9(2)7-13(23-12)16(21)22-8-14(20)17-10-5-4-6-11-15(10)19-24-18-11/h4-7H,3,8H2,1-2H3,(H,17,20). The Morgan fingerprint density at radius 1 is 1.29 bits per heavy atom. The lowest BCUT2D eigenvalue weighted by atomic mass is 10.2. The van der Waals surface area contributed by atoms with E-state index in [9.17, 15) is 9.59 Å². The first-order chi connectivity index (χ1) is 11.6. The molecule has 0 aliphatic heterocycles. The number of anilines is 1. The summed E-state index contributed by atoms with van der Waals surface area (Å²) in [7, 11) is 0. The topological polar surface area (TPSA) is 81.2 Å². The summed E-state index contributed by atoms with van der Waals surface area (Å²) in [5.74, 6) is -0.890. The van der Waals surface area contributed by atoms with E-state index in [0.29, 0.717) is 16.1 Å². The molecule has 3 aromatic rings. The average Bonchev–Trinajstić information content (AvgIpc) is 3.19. The molecule has 0 saturated heterocycles. The molecule has 2 heterocycles. The minimum atomic E-state index is -0.480. The Labute approximate surface area is 146 Å². The number of aromatic nitrogens is 2. The molecule has 0 fully saturated rings.